The molecule has 106 valence electrons. The van der Waals surface area contributed by atoms with Crippen LogP contribution in [0.15, 0.2) is 0 Å². The van der Waals surface area contributed by atoms with Gasteiger partial charge in [0.05, 0.1) is 6.10 Å². The fraction of sp³-hybridized carbons (Fsp3) is 1.00. The summed E-state index contributed by atoms with van der Waals surface area (Å²) >= 11 is 0. The first kappa shape index (κ1) is 14.3. The van der Waals surface area contributed by atoms with Crippen LogP contribution in [0.2, 0.25) is 0 Å². The Hall–Kier alpha value is -0.120. The normalized spacial score (nSPS) is 34.7. The van der Waals surface area contributed by atoms with Gasteiger partial charge in [-0.25, -0.2) is 0 Å². The zero-order valence-corrected chi connectivity index (χ0v) is 11.9. The number of β-amino-alcohol motifs (C(OH)–C–C–N with tert-alkyl or cyclic N) is 1. The van der Waals surface area contributed by atoms with Gasteiger partial charge in [0.25, 0.3) is 0 Å². The van der Waals surface area contributed by atoms with E-state index in [1.807, 2.05) is 0 Å². The van der Waals surface area contributed by atoms with Crippen molar-refractivity contribution in [1.82, 2.24) is 10.2 Å². The molecular formula is C15H30N2O. The lowest BCUT2D eigenvalue weighted by Crippen LogP contribution is -2.47. The summed E-state index contributed by atoms with van der Waals surface area (Å²) in [5.41, 5.74) is 0. The predicted octanol–water partition coefficient (Wildman–Crippen LogP) is 2.00. The lowest BCUT2D eigenvalue weighted by Gasteiger charge is -2.38. The number of rotatable bonds is 5. The molecule has 2 fully saturated rings. The molecule has 1 heterocycles. The van der Waals surface area contributed by atoms with Gasteiger partial charge in [-0.15, -0.1) is 0 Å². The predicted molar refractivity (Wildman–Crippen MR) is 75.7 cm³/mol. The minimum atomic E-state index is -0.0793. The highest BCUT2D eigenvalue weighted by molar-refractivity contribution is 4.84. The number of nitrogens with zero attached hydrogens (tertiary/aromatic N) is 1. The van der Waals surface area contributed by atoms with Crippen LogP contribution in [0.4, 0.5) is 0 Å². The van der Waals surface area contributed by atoms with Gasteiger partial charge in [-0.2, -0.15) is 0 Å². The Bertz CT molecular complexity index is 235. The molecule has 0 aromatic rings. The van der Waals surface area contributed by atoms with E-state index in [0.29, 0.717) is 0 Å². The van der Waals surface area contributed by atoms with Gasteiger partial charge >= 0.3 is 0 Å². The Morgan fingerprint density at radius 3 is 2.78 bits per heavy atom. The molecule has 1 saturated heterocycles. The van der Waals surface area contributed by atoms with Crippen molar-refractivity contribution >= 4 is 0 Å². The summed E-state index contributed by atoms with van der Waals surface area (Å²) in [4.78, 5) is 2.49. The molecule has 2 rings (SSSR count). The first-order valence-electron chi connectivity index (χ1n) is 7.93. The van der Waals surface area contributed by atoms with Crippen LogP contribution in [0.5, 0.6) is 0 Å². The largest absolute Gasteiger partial charge is 0.392 e. The summed E-state index contributed by atoms with van der Waals surface area (Å²) in [6.45, 7) is 6.68. The molecule has 1 aliphatic heterocycles. The fourth-order valence-corrected chi connectivity index (χ4v) is 3.55. The minimum Gasteiger partial charge on any atom is -0.392 e. The third kappa shape index (κ3) is 4.22. The Kier molecular flexibility index (Phi) is 5.93. The number of aliphatic hydroxyl groups excluding tert-OH is 1. The standard InChI is InChI=1S/C15H30N2O/c1-2-9-16-15-8-4-3-6-13(15)11-17-10-5-7-14(18)12-17/h13-16,18H,2-12H2,1H3. The molecule has 2 aliphatic rings. The van der Waals surface area contributed by atoms with Crippen molar-refractivity contribution in [1.29, 1.82) is 0 Å². The SMILES string of the molecule is CCCNC1CCCCC1CN1CCCC(O)C1. The molecule has 3 unspecified atom stereocenters. The van der Waals surface area contributed by atoms with Crippen molar-refractivity contribution in [2.45, 2.75) is 64.0 Å². The van der Waals surface area contributed by atoms with E-state index in [2.05, 4.69) is 17.1 Å². The number of hydrogen-bond donors (Lipinski definition) is 2. The van der Waals surface area contributed by atoms with Gasteiger partial charge in [-0.3, -0.25) is 0 Å². The molecule has 0 spiro atoms. The second kappa shape index (κ2) is 7.46. The summed E-state index contributed by atoms with van der Waals surface area (Å²) in [5, 5.41) is 13.5. The fourth-order valence-electron chi connectivity index (χ4n) is 3.55. The molecule has 3 nitrogen and oxygen atoms in total. The van der Waals surface area contributed by atoms with Gasteiger partial charge in [0, 0.05) is 19.1 Å². The van der Waals surface area contributed by atoms with Crippen molar-refractivity contribution < 1.29 is 5.11 Å². The van der Waals surface area contributed by atoms with Crippen LogP contribution in [0, 0.1) is 5.92 Å². The molecule has 2 N–H and O–H groups in total. The van der Waals surface area contributed by atoms with E-state index in [0.717, 1.165) is 31.5 Å². The molecule has 18 heavy (non-hydrogen) atoms. The molecule has 1 saturated carbocycles. The van der Waals surface area contributed by atoms with E-state index in [1.165, 1.54) is 51.6 Å². The molecule has 0 aromatic heterocycles. The zero-order chi connectivity index (χ0) is 12.8. The summed E-state index contributed by atoms with van der Waals surface area (Å²) in [7, 11) is 0. The van der Waals surface area contributed by atoms with E-state index in [9.17, 15) is 5.11 Å². The van der Waals surface area contributed by atoms with Crippen molar-refractivity contribution in [2.24, 2.45) is 5.92 Å². The first-order valence-corrected chi connectivity index (χ1v) is 7.93. The number of aliphatic hydroxyl groups is 1. The van der Waals surface area contributed by atoms with Crippen LogP contribution < -0.4 is 5.32 Å². The van der Waals surface area contributed by atoms with E-state index in [1.54, 1.807) is 0 Å². The van der Waals surface area contributed by atoms with Gasteiger partial charge in [0.1, 0.15) is 0 Å². The molecule has 0 bridgehead atoms. The number of piperidine rings is 1. The zero-order valence-electron chi connectivity index (χ0n) is 11.9. The first-order chi connectivity index (χ1) is 8.79. The van der Waals surface area contributed by atoms with Crippen LogP contribution in [0.1, 0.15) is 51.9 Å². The average Bonchev–Trinajstić information content (AvgIpc) is 2.38. The highest BCUT2D eigenvalue weighted by atomic mass is 16.3. The van der Waals surface area contributed by atoms with Gasteiger partial charge in [0.15, 0.2) is 0 Å². The number of likely N-dealkylation sites (tertiary alicyclic amines) is 1. The van der Waals surface area contributed by atoms with Crippen LogP contribution in [-0.2, 0) is 0 Å². The minimum absolute atomic E-state index is 0.0793. The molecule has 0 amide bonds. The molecule has 0 radical (unpaired) electrons. The average molecular weight is 254 g/mol. The summed E-state index contributed by atoms with van der Waals surface area (Å²) in [5.74, 6) is 0.801. The lowest BCUT2D eigenvalue weighted by molar-refractivity contribution is 0.0533. The van der Waals surface area contributed by atoms with Crippen molar-refractivity contribution in [3.8, 4) is 0 Å². The van der Waals surface area contributed by atoms with Gasteiger partial charge in [-0.1, -0.05) is 19.8 Å². The molecule has 3 atom stereocenters. The van der Waals surface area contributed by atoms with Gasteiger partial charge < -0.3 is 15.3 Å². The Morgan fingerprint density at radius 2 is 2.00 bits per heavy atom. The third-order valence-corrected chi connectivity index (χ3v) is 4.54. The quantitative estimate of drug-likeness (QED) is 0.788. The van der Waals surface area contributed by atoms with E-state index < -0.39 is 0 Å². The van der Waals surface area contributed by atoms with Gasteiger partial charge in [0.2, 0.25) is 0 Å². The van der Waals surface area contributed by atoms with Crippen molar-refractivity contribution in [3.05, 3.63) is 0 Å². The topological polar surface area (TPSA) is 35.5 Å². The maximum absolute atomic E-state index is 9.76. The van der Waals surface area contributed by atoms with Crippen LogP contribution >= 0.6 is 0 Å². The highest BCUT2D eigenvalue weighted by Crippen LogP contribution is 2.26. The van der Waals surface area contributed by atoms with Crippen molar-refractivity contribution in [3.63, 3.8) is 0 Å². The van der Waals surface area contributed by atoms with E-state index >= 15 is 0 Å². The second-order valence-electron chi connectivity index (χ2n) is 6.16. The Balaban J connectivity index is 1.80. The highest BCUT2D eigenvalue weighted by Gasteiger charge is 2.28. The molecule has 0 aromatic carbocycles. The number of nitrogens with one attached hydrogen (secondary N) is 1. The third-order valence-electron chi connectivity index (χ3n) is 4.54. The van der Waals surface area contributed by atoms with E-state index in [-0.39, 0.29) is 6.10 Å². The monoisotopic (exact) mass is 254 g/mol. The maximum Gasteiger partial charge on any atom is 0.0667 e. The van der Waals surface area contributed by atoms with Crippen molar-refractivity contribution in [2.75, 3.05) is 26.2 Å². The van der Waals surface area contributed by atoms with E-state index in [4.69, 9.17) is 0 Å². The number of hydrogen-bond acceptors (Lipinski definition) is 3. The van der Waals surface area contributed by atoms with Crippen LogP contribution in [0.3, 0.4) is 0 Å². The second-order valence-corrected chi connectivity index (χ2v) is 6.16. The van der Waals surface area contributed by atoms with Gasteiger partial charge in [-0.05, 0) is 51.1 Å². The Morgan fingerprint density at radius 1 is 1.17 bits per heavy atom. The summed E-state index contributed by atoms with van der Waals surface area (Å²) in [6.07, 6.45) is 8.82. The molecule has 3 heteroatoms. The Labute approximate surface area is 112 Å². The molecular weight excluding hydrogens is 224 g/mol. The van der Waals surface area contributed by atoms with Crippen LogP contribution in [0.25, 0.3) is 0 Å². The maximum atomic E-state index is 9.76. The van der Waals surface area contributed by atoms with Crippen LogP contribution in [-0.4, -0.2) is 48.3 Å². The summed E-state index contributed by atoms with van der Waals surface area (Å²) < 4.78 is 0. The smallest absolute Gasteiger partial charge is 0.0667 e. The lowest BCUT2D eigenvalue weighted by atomic mass is 9.83. The molecule has 1 aliphatic carbocycles. The summed E-state index contributed by atoms with van der Waals surface area (Å²) in [6, 6.07) is 0.720.